The second-order valence-electron chi connectivity index (χ2n) is 6.49. The van der Waals surface area contributed by atoms with Gasteiger partial charge in [0, 0.05) is 5.69 Å². The highest BCUT2D eigenvalue weighted by molar-refractivity contribution is 7.92. The van der Waals surface area contributed by atoms with E-state index in [0.29, 0.717) is 16.2 Å². The zero-order chi connectivity index (χ0) is 19.3. The maximum Gasteiger partial charge on any atom is 0.280 e. The molecule has 2 heterocycles. The standard InChI is InChI=1S/C19H17N3O3S2/c1-11-4-7-14(8-5-11)21-27(24,25)17-13(3)20-19-22(18(17)23)15-9-6-12(2)10-16(15)26-19/h4-10,21H,1-3H3. The van der Waals surface area contributed by atoms with E-state index in [4.69, 9.17) is 0 Å². The highest BCUT2D eigenvalue weighted by Crippen LogP contribution is 2.26. The fourth-order valence-electron chi connectivity index (χ4n) is 2.99. The Labute approximate surface area is 160 Å². The summed E-state index contributed by atoms with van der Waals surface area (Å²) in [5.74, 6) is 0. The highest BCUT2D eigenvalue weighted by Gasteiger charge is 2.25. The van der Waals surface area contributed by atoms with Gasteiger partial charge in [-0.2, -0.15) is 0 Å². The number of aryl methyl sites for hydroxylation is 3. The molecule has 138 valence electrons. The lowest BCUT2D eigenvalue weighted by Gasteiger charge is -2.10. The van der Waals surface area contributed by atoms with Crippen LogP contribution < -0.4 is 10.3 Å². The number of hydrogen-bond donors (Lipinski definition) is 1. The van der Waals surface area contributed by atoms with Crippen LogP contribution in [0.25, 0.3) is 15.2 Å². The summed E-state index contributed by atoms with van der Waals surface area (Å²) in [7, 11) is -4.07. The molecule has 4 rings (SSSR count). The molecule has 6 nitrogen and oxygen atoms in total. The molecule has 27 heavy (non-hydrogen) atoms. The molecule has 0 saturated carbocycles. The molecular weight excluding hydrogens is 382 g/mol. The van der Waals surface area contributed by atoms with Gasteiger partial charge in [-0.15, -0.1) is 0 Å². The van der Waals surface area contributed by atoms with Gasteiger partial charge in [0.2, 0.25) is 0 Å². The third-order valence-electron chi connectivity index (χ3n) is 4.31. The maximum atomic E-state index is 13.1. The Bertz CT molecular complexity index is 1350. The van der Waals surface area contributed by atoms with E-state index in [9.17, 15) is 13.2 Å². The summed E-state index contributed by atoms with van der Waals surface area (Å²) in [4.78, 5) is 17.6. The summed E-state index contributed by atoms with van der Waals surface area (Å²) in [5, 5.41) is 0. The minimum absolute atomic E-state index is 0.183. The van der Waals surface area contributed by atoms with E-state index in [1.165, 1.54) is 15.7 Å². The number of hydrogen-bond acceptors (Lipinski definition) is 5. The number of fused-ring (bicyclic) bond motifs is 3. The normalized spacial score (nSPS) is 12.0. The molecule has 0 aliphatic carbocycles. The van der Waals surface area contributed by atoms with E-state index in [-0.39, 0.29) is 10.6 Å². The lowest BCUT2D eigenvalue weighted by Crippen LogP contribution is -2.27. The Morgan fingerprint density at radius 2 is 1.67 bits per heavy atom. The number of nitrogens with one attached hydrogen (secondary N) is 1. The fraction of sp³-hybridized carbons (Fsp3) is 0.158. The molecule has 1 N–H and O–H groups in total. The molecule has 2 aromatic heterocycles. The third kappa shape index (κ3) is 3.00. The number of aromatic nitrogens is 2. The Morgan fingerprint density at radius 1 is 1.00 bits per heavy atom. The van der Waals surface area contributed by atoms with Gasteiger partial charge in [0.15, 0.2) is 9.86 Å². The monoisotopic (exact) mass is 399 g/mol. The molecule has 0 bridgehead atoms. The van der Waals surface area contributed by atoms with Crippen molar-refractivity contribution in [3.05, 3.63) is 69.6 Å². The number of thiazole rings is 1. The van der Waals surface area contributed by atoms with Crippen LogP contribution in [0.5, 0.6) is 0 Å². The zero-order valence-corrected chi connectivity index (χ0v) is 16.6. The third-order valence-corrected chi connectivity index (χ3v) is 6.83. The van der Waals surface area contributed by atoms with Gasteiger partial charge in [0.1, 0.15) is 0 Å². The van der Waals surface area contributed by atoms with Gasteiger partial charge in [0.25, 0.3) is 15.6 Å². The van der Waals surface area contributed by atoms with Gasteiger partial charge in [-0.25, -0.2) is 17.8 Å². The van der Waals surface area contributed by atoms with E-state index < -0.39 is 15.6 Å². The molecule has 0 unspecified atom stereocenters. The van der Waals surface area contributed by atoms with Crippen molar-refractivity contribution in [2.24, 2.45) is 0 Å². The maximum absolute atomic E-state index is 13.1. The quantitative estimate of drug-likeness (QED) is 0.570. The molecule has 0 aliphatic heterocycles. The Hall–Kier alpha value is -2.71. The molecule has 2 aromatic carbocycles. The predicted molar refractivity (Wildman–Crippen MR) is 108 cm³/mol. The van der Waals surface area contributed by atoms with E-state index in [2.05, 4.69) is 9.71 Å². The SMILES string of the molecule is Cc1ccc(NS(=O)(=O)c2c(C)nc3sc4cc(C)ccc4n3c2=O)cc1. The van der Waals surface area contributed by atoms with Crippen LogP contribution in [0.4, 0.5) is 5.69 Å². The summed E-state index contributed by atoms with van der Waals surface area (Å²) >= 11 is 1.37. The zero-order valence-electron chi connectivity index (χ0n) is 15.0. The molecule has 0 radical (unpaired) electrons. The van der Waals surface area contributed by atoms with Crippen LogP contribution in [0.3, 0.4) is 0 Å². The van der Waals surface area contributed by atoms with Crippen molar-refractivity contribution in [1.29, 1.82) is 0 Å². The Kier molecular flexibility index (Phi) is 4.05. The summed E-state index contributed by atoms with van der Waals surface area (Å²) < 4.78 is 30.6. The number of anilines is 1. The van der Waals surface area contributed by atoms with Crippen LogP contribution in [0, 0.1) is 20.8 Å². The van der Waals surface area contributed by atoms with Crippen molar-refractivity contribution in [3.8, 4) is 0 Å². The first-order chi connectivity index (χ1) is 12.8. The second kappa shape index (κ2) is 6.17. The van der Waals surface area contributed by atoms with Crippen LogP contribution in [0.1, 0.15) is 16.8 Å². The molecule has 0 spiro atoms. The van der Waals surface area contributed by atoms with Gasteiger partial charge >= 0.3 is 0 Å². The van der Waals surface area contributed by atoms with Crippen molar-refractivity contribution in [2.75, 3.05) is 4.72 Å². The van der Waals surface area contributed by atoms with Crippen molar-refractivity contribution in [3.63, 3.8) is 0 Å². The van der Waals surface area contributed by atoms with Crippen molar-refractivity contribution >= 4 is 42.2 Å². The average Bonchev–Trinajstić information content (AvgIpc) is 2.93. The number of nitrogens with zero attached hydrogens (tertiary/aromatic N) is 2. The minimum atomic E-state index is -4.07. The molecule has 0 saturated heterocycles. The summed E-state index contributed by atoms with van der Waals surface area (Å²) in [6.45, 7) is 5.42. The molecule has 0 fully saturated rings. The van der Waals surface area contributed by atoms with Gasteiger partial charge in [0.05, 0.1) is 15.9 Å². The van der Waals surface area contributed by atoms with Crippen LogP contribution in [0.2, 0.25) is 0 Å². The van der Waals surface area contributed by atoms with E-state index in [1.54, 1.807) is 31.2 Å². The smallest absolute Gasteiger partial charge is 0.279 e. The fourth-order valence-corrected chi connectivity index (χ4v) is 5.46. The number of rotatable bonds is 3. The lowest BCUT2D eigenvalue weighted by molar-refractivity contribution is 0.598. The van der Waals surface area contributed by atoms with E-state index in [0.717, 1.165) is 15.8 Å². The summed E-state index contributed by atoms with van der Waals surface area (Å²) in [6, 6.07) is 12.6. The lowest BCUT2D eigenvalue weighted by atomic mass is 10.2. The van der Waals surface area contributed by atoms with Crippen molar-refractivity contribution < 1.29 is 8.42 Å². The van der Waals surface area contributed by atoms with Gasteiger partial charge < -0.3 is 0 Å². The van der Waals surface area contributed by atoms with Crippen molar-refractivity contribution in [1.82, 2.24) is 9.38 Å². The van der Waals surface area contributed by atoms with Crippen LogP contribution in [-0.2, 0) is 10.0 Å². The first-order valence-electron chi connectivity index (χ1n) is 8.28. The van der Waals surface area contributed by atoms with Gasteiger partial charge in [-0.1, -0.05) is 35.1 Å². The largest absolute Gasteiger partial charge is 0.280 e. The molecule has 0 aliphatic rings. The minimum Gasteiger partial charge on any atom is -0.279 e. The molecule has 0 atom stereocenters. The molecule has 4 aromatic rings. The van der Waals surface area contributed by atoms with Crippen molar-refractivity contribution in [2.45, 2.75) is 25.7 Å². The second-order valence-corrected chi connectivity index (χ2v) is 9.12. The highest BCUT2D eigenvalue weighted by atomic mass is 32.2. The first kappa shape index (κ1) is 17.7. The van der Waals surface area contributed by atoms with Crippen LogP contribution >= 0.6 is 11.3 Å². The van der Waals surface area contributed by atoms with Crippen LogP contribution in [0.15, 0.2) is 52.2 Å². The Balaban J connectivity index is 1.94. The number of sulfonamides is 1. The topological polar surface area (TPSA) is 80.5 Å². The van der Waals surface area contributed by atoms with E-state index >= 15 is 0 Å². The summed E-state index contributed by atoms with van der Waals surface area (Å²) in [6.07, 6.45) is 0. The summed E-state index contributed by atoms with van der Waals surface area (Å²) in [5.41, 5.74) is 2.72. The molecular formula is C19H17N3O3S2. The number of benzene rings is 2. The van der Waals surface area contributed by atoms with E-state index in [1.807, 2.05) is 32.0 Å². The first-order valence-corrected chi connectivity index (χ1v) is 10.6. The van der Waals surface area contributed by atoms with Gasteiger partial charge in [-0.05, 0) is 50.6 Å². The predicted octanol–water partition coefficient (Wildman–Crippen LogP) is 3.64. The van der Waals surface area contributed by atoms with Crippen LogP contribution in [-0.4, -0.2) is 17.8 Å². The Morgan fingerprint density at radius 3 is 2.37 bits per heavy atom. The average molecular weight is 399 g/mol. The molecule has 0 amide bonds. The van der Waals surface area contributed by atoms with Gasteiger partial charge in [-0.3, -0.25) is 9.52 Å². The molecule has 8 heteroatoms.